The Labute approximate surface area is 77.3 Å². The molecule has 4 nitrogen and oxygen atoms in total. The van der Waals surface area contributed by atoms with Crippen molar-refractivity contribution in [2.24, 2.45) is 0 Å². The number of hydrogen-bond acceptors (Lipinski definition) is 3. The van der Waals surface area contributed by atoms with E-state index in [1.807, 2.05) is 0 Å². The summed E-state index contributed by atoms with van der Waals surface area (Å²) in [5, 5.41) is 17.1. The molecule has 0 aliphatic heterocycles. The Kier molecular flexibility index (Phi) is 11.2. The molecule has 0 aromatic rings. The average Bonchev–Trinajstić information content (AvgIpc) is 1.89. The van der Waals surface area contributed by atoms with Crippen LogP contribution in [0.1, 0.15) is 6.42 Å². The van der Waals surface area contributed by atoms with Gasteiger partial charge in [0.2, 0.25) is 0 Å². The first-order valence-corrected chi connectivity index (χ1v) is 3.89. The third-order valence-electron chi connectivity index (χ3n) is 0.557. The Hall–Kier alpha value is -0.554. The van der Waals surface area contributed by atoms with E-state index in [4.69, 9.17) is 15.0 Å². The molecule has 5 heteroatoms. The molecule has 0 unspecified atom stereocenters. The molecule has 0 aliphatic carbocycles. The van der Waals surface area contributed by atoms with Gasteiger partial charge >= 0.3 is 48.6 Å². The zero-order chi connectivity index (χ0) is 9.28. The van der Waals surface area contributed by atoms with E-state index in [9.17, 15) is 4.79 Å². The SMILES string of the molecule is C=CC(=O)[O-].O=C(O)C[CH2][Mg+]. The molecule has 1 N–H and O–H groups in total. The average molecular weight is 168 g/mol. The van der Waals surface area contributed by atoms with Crippen LogP contribution in [0.15, 0.2) is 12.7 Å². The van der Waals surface area contributed by atoms with E-state index in [-0.39, 0.29) is 0 Å². The first kappa shape index (κ1) is 13.1. The normalized spacial score (nSPS) is 7.45. The van der Waals surface area contributed by atoms with Gasteiger partial charge < -0.3 is 9.90 Å². The van der Waals surface area contributed by atoms with Crippen molar-refractivity contribution in [2.75, 3.05) is 0 Å². The van der Waals surface area contributed by atoms with Crippen LogP contribution >= 0.6 is 0 Å². The Balaban J connectivity index is 0. The van der Waals surface area contributed by atoms with E-state index < -0.39 is 11.9 Å². The van der Waals surface area contributed by atoms with Crippen molar-refractivity contribution in [1.82, 2.24) is 0 Å². The number of carbonyl (C=O) groups excluding carboxylic acids is 1. The molecule has 0 radical (unpaired) electrons. The Bertz CT molecular complexity index is 144. The summed E-state index contributed by atoms with van der Waals surface area (Å²) < 4.78 is 0.759. The number of rotatable bonds is 3. The van der Waals surface area contributed by atoms with Gasteiger partial charge in [-0.2, -0.15) is 0 Å². The molecule has 0 saturated carbocycles. The third-order valence-corrected chi connectivity index (χ3v) is 0.911. The molecule has 0 spiro atoms. The van der Waals surface area contributed by atoms with E-state index in [1.54, 1.807) is 21.7 Å². The van der Waals surface area contributed by atoms with Gasteiger partial charge in [-0.25, -0.2) is 0 Å². The molecule has 0 amide bonds. The van der Waals surface area contributed by atoms with E-state index in [1.165, 1.54) is 0 Å². The zero-order valence-corrected chi connectivity index (χ0v) is 7.49. The van der Waals surface area contributed by atoms with E-state index in [0.717, 1.165) is 10.6 Å². The number of hydrogen-bond donors (Lipinski definition) is 1. The summed E-state index contributed by atoms with van der Waals surface area (Å²) in [5.41, 5.74) is 0. The topological polar surface area (TPSA) is 77.4 Å². The summed E-state index contributed by atoms with van der Waals surface area (Å²) in [7, 11) is 0. The Morgan fingerprint density at radius 2 is 2.00 bits per heavy atom. The Morgan fingerprint density at radius 3 is 2.00 bits per heavy atom. The molecule has 0 rings (SSSR count). The van der Waals surface area contributed by atoms with Gasteiger partial charge in [-0.15, -0.1) is 0 Å². The monoisotopic (exact) mass is 168 g/mol. The zero-order valence-electron chi connectivity index (χ0n) is 6.08. The molecule has 11 heavy (non-hydrogen) atoms. The summed E-state index contributed by atoms with van der Waals surface area (Å²) in [6, 6.07) is 0. The van der Waals surface area contributed by atoms with Gasteiger partial charge in [0.1, 0.15) is 0 Å². The second-order valence-electron chi connectivity index (χ2n) is 1.52. The van der Waals surface area contributed by atoms with Crippen LogP contribution in [-0.4, -0.2) is 38.8 Å². The first-order chi connectivity index (χ1) is 5.04. The van der Waals surface area contributed by atoms with Crippen LogP contribution < -0.4 is 5.11 Å². The van der Waals surface area contributed by atoms with Gasteiger partial charge in [-0.05, 0) is 6.08 Å². The van der Waals surface area contributed by atoms with Crippen LogP contribution in [0.2, 0.25) is 4.55 Å². The van der Waals surface area contributed by atoms with Crippen molar-refractivity contribution in [3.05, 3.63) is 12.7 Å². The molecular weight excluding hydrogens is 160 g/mol. The van der Waals surface area contributed by atoms with Crippen LogP contribution in [0.3, 0.4) is 0 Å². The fraction of sp³-hybridized carbons (Fsp3) is 0.333. The molecule has 0 saturated heterocycles. The van der Waals surface area contributed by atoms with Gasteiger partial charge in [-0.1, -0.05) is 6.58 Å². The molecule has 0 aromatic heterocycles. The standard InChI is InChI=1S/C3H5O2.C3H4O2.Mg/c2*1-2-3(4)5;/h1-2H2,(H,4,5);2H,1H2,(H,4,5);/q;;+1/p-1. The van der Waals surface area contributed by atoms with Crippen molar-refractivity contribution in [3.63, 3.8) is 0 Å². The van der Waals surface area contributed by atoms with E-state index >= 15 is 0 Å². The fourth-order valence-corrected chi connectivity index (χ4v) is 0.454. The third kappa shape index (κ3) is 26.5. The molecule has 0 atom stereocenters. The molecule has 58 valence electrons. The quantitative estimate of drug-likeness (QED) is 0.432. The summed E-state index contributed by atoms with van der Waals surface area (Å²) >= 11 is 1.67. The molecule has 0 fully saturated rings. The van der Waals surface area contributed by atoms with Crippen molar-refractivity contribution in [3.8, 4) is 0 Å². The van der Waals surface area contributed by atoms with Gasteiger partial charge in [0.25, 0.3) is 0 Å². The van der Waals surface area contributed by atoms with Gasteiger partial charge in [0.05, 0.1) is 5.97 Å². The fourth-order valence-electron chi connectivity index (χ4n) is 0.151. The minimum atomic E-state index is -1.23. The maximum atomic E-state index is 9.60. The van der Waals surface area contributed by atoms with Gasteiger partial charge in [-0.3, -0.25) is 0 Å². The minimum absolute atomic E-state index is 0.304. The van der Waals surface area contributed by atoms with Crippen LogP contribution in [0.5, 0.6) is 0 Å². The van der Waals surface area contributed by atoms with Gasteiger partial charge in [0.15, 0.2) is 0 Å². The molecular formula is C6H8MgO4. The number of carbonyl (C=O) groups is 2. The molecule has 0 aliphatic rings. The van der Waals surface area contributed by atoms with Crippen molar-refractivity contribution in [1.29, 1.82) is 0 Å². The van der Waals surface area contributed by atoms with Crippen LogP contribution in [0.4, 0.5) is 0 Å². The second-order valence-corrected chi connectivity index (χ2v) is 2.23. The molecule has 0 aromatic carbocycles. The molecule has 0 heterocycles. The second kappa shape index (κ2) is 9.45. The Morgan fingerprint density at radius 1 is 1.64 bits per heavy atom. The van der Waals surface area contributed by atoms with Crippen LogP contribution in [-0.2, 0) is 9.59 Å². The van der Waals surface area contributed by atoms with Gasteiger partial charge in [0, 0.05) is 0 Å². The summed E-state index contributed by atoms with van der Waals surface area (Å²) in [6.07, 6.45) is 1.03. The summed E-state index contributed by atoms with van der Waals surface area (Å²) in [5.74, 6) is -1.94. The predicted octanol–water partition coefficient (Wildman–Crippen LogP) is -1.03. The van der Waals surface area contributed by atoms with Crippen molar-refractivity contribution < 1.29 is 19.8 Å². The summed E-state index contributed by atoms with van der Waals surface area (Å²) in [4.78, 5) is 18.7. The van der Waals surface area contributed by atoms with Crippen LogP contribution in [0, 0.1) is 0 Å². The number of carboxylic acids is 2. The summed E-state index contributed by atoms with van der Waals surface area (Å²) in [6.45, 7) is 2.90. The van der Waals surface area contributed by atoms with Crippen molar-refractivity contribution in [2.45, 2.75) is 11.0 Å². The van der Waals surface area contributed by atoms with Crippen LogP contribution in [0.25, 0.3) is 0 Å². The van der Waals surface area contributed by atoms with Crippen molar-refractivity contribution >= 4 is 33.6 Å². The van der Waals surface area contributed by atoms with E-state index in [2.05, 4.69) is 6.58 Å². The first-order valence-electron chi connectivity index (χ1n) is 2.89. The predicted molar refractivity (Wildman–Crippen MR) is 38.0 cm³/mol. The van der Waals surface area contributed by atoms with E-state index in [0.29, 0.717) is 6.42 Å². The number of aliphatic carboxylic acids is 2. The maximum absolute atomic E-state index is 9.60. The number of carboxylic acid groups (broad SMARTS) is 2. The molecule has 0 bridgehead atoms.